The van der Waals surface area contributed by atoms with Gasteiger partial charge in [-0.2, -0.15) is 13.2 Å². The van der Waals surface area contributed by atoms with Crippen molar-refractivity contribution in [2.75, 3.05) is 41.3 Å². The number of piperazine rings is 1. The Morgan fingerprint density at radius 3 is 2.33 bits per heavy atom. The fourth-order valence-corrected chi connectivity index (χ4v) is 4.51. The van der Waals surface area contributed by atoms with Crippen LogP contribution in [0.4, 0.5) is 30.2 Å². The summed E-state index contributed by atoms with van der Waals surface area (Å²) < 4.78 is 38.5. The van der Waals surface area contributed by atoms with Gasteiger partial charge in [0.2, 0.25) is 0 Å². The molecular weight excluding hydrogens is 453 g/mol. The molecule has 1 aliphatic heterocycles. The van der Waals surface area contributed by atoms with Gasteiger partial charge < -0.3 is 15.1 Å². The fourth-order valence-electron chi connectivity index (χ4n) is 3.79. The zero-order valence-corrected chi connectivity index (χ0v) is 18.5. The van der Waals surface area contributed by atoms with Crippen LogP contribution in [-0.4, -0.2) is 43.4 Å². The van der Waals surface area contributed by atoms with Crippen LogP contribution in [0.15, 0.2) is 47.8 Å². The number of anilines is 3. The largest absolute Gasteiger partial charge is 0.434 e. The lowest BCUT2D eigenvalue weighted by Gasteiger charge is -2.38. The van der Waals surface area contributed by atoms with E-state index in [1.54, 1.807) is 12.1 Å². The molecule has 3 aromatic rings. The molecule has 0 aliphatic carbocycles. The zero-order chi connectivity index (χ0) is 23.6. The Bertz CT molecular complexity index is 1170. The predicted molar refractivity (Wildman–Crippen MR) is 123 cm³/mol. The van der Waals surface area contributed by atoms with E-state index in [2.05, 4.69) is 39.2 Å². The summed E-state index contributed by atoms with van der Waals surface area (Å²) >= 11 is 0.621. The first-order chi connectivity index (χ1) is 15.8. The number of alkyl halides is 3. The molecule has 0 saturated carbocycles. The molecule has 0 spiro atoms. The fraction of sp³-hybridized carbons (Fsp3) is 0.261. The summed E-state index contributed by atoms with van der Waals surface area (Å²) in [6, 6.07) is 13.1. The number of para-hydroxylation sites is 1. The van der Waals surface area contributed by atoms with Gasteiger partial charge in [-0.15, -0.1) is 11.3 Å². The van der Waals surface area contributed by atoms with Gasteiger partial charge in [0.15, 0.2) is 10.7 Å². The minimum atomic E-state index is -4.62. The summed E-state index contributed by atoms with van der Waals surface area (Å²) in [6.45, 7) is 4.93. The summed E-state index contributed by atoms with van der Waals surface area (Å²) in [5.74, 6) is -0.752. The summed E-state index contributed by atoms with van der Waals surface area (Å²) in [5, 5.41) is 3.15. The van der Waals surface area contributed by atoms with Crippen LogP contribution in [0.25, 0.3) is 0 Å². The number of aryl methyl sites for hydroxylation is 1. The number of benzene rings is 2. The first kappa shape index (κ1) is 22.8. The zero-order valence-electron chi connectivity index (χ0n) is 17.7. The number of aldehydes is 1. The van der Waals surface area contributed by atoms with Crippen molar-refractivity contribution in [3.8, 4) is 0 Å². The van der Waals surface area contributed by atoms with Crippen molar-refractivity contribution < 1.29 is 22.8 Å². The number of hydrogen-bond acceptors (Lipinski definition) is 6. The van der Waals surface area contributed by atoms with Gasteiger partial charge in [-0.1, -0.05) is 18.2 Å². The van der Waals surface area contributed by atoms with Crippen LogP contribution < -0.4 is 15.1 Å². The minimum absolute atomic E-state index is 0.297. The second-order valence-corrected chi connectivity index (χ2v) is 8.50. The third-order valence-electron chi connectivity index (χ3n) is 5.47. The first-order valence-corrected chi connectivity index (χ1v) is 11.1. The summed E-state index contributed by atoms with van der Waals surface area (Å²) in [4.78, 5) is 31.7. The molecule has 0 unspecified atom stereocenters. The number of aromatic nitrogens is 1. The molecule has 172 valence electrons. The summed E-state index contributed by atoms with van der Waals surface area (Å²) in [5.41, 5.74) is 2.67. The van der Waals surface area contributed by atoms with E-state index in [0.717, 1.165) is 18.5 Å². The summed E-state index contributed by atoms with van der Waals surface area (Å²) in [7, 11) is 0. The standard InChI is InChI=1S/C23H21F3N4O2S/c1-15-4-2-3-5-18(15)29-8-10-30(11-9-29)19-7-6-16(13-31)12-17(19)27-21(32)22-28-20(14-33-22)23(24,25)26/h2-7,12-14H,8-11H2,1H3,(H,27,32). The highest BCUT2D eigenvalue weighted by molar-refractivity contribution is 7.11. The van der Waals surface area contributed by atoms with Gasteiger partial charge in [-0.25, -0.2) is 4.98 Å². The molecule has 33 heavy (non-hydrogen) atoms. The van der Waals surface area contributed by atoms with Crippen LogP contribution in [-0.2, 0) is 6.18 Å². The minimum Gasteiger partial charge on any atom is -0.368 e. The van der Waals surface area contributed by atoms with Crippen molar-refractivity contribution in [2.24, 2.45) is 0 Å². The van der Waals surface area contributed by atoms with Crippen LogP contribution in [0, 0.1) is 6.92 Å². The van der Waals surface area contributed by atoms with E-state index < -0.39 is 17.8 Å². The molecule has 2 aromatic carbocycles. The molecule has 1 saturated heterocycles. The SMILES string of the molecule is Cc1ccccc1N1CCN(c2ccc(C=O)cc2NC(=O)c2nc(C(F)(F)F)cs2)CC1. The Hall–Kier alpha value is -3.40. The molecule has 1 aliphatic rings. The van der Waals surface area contributed by atoms with Crippen molar-refractivity contribution in [1.82, 2.24) is 4.98 Å². The van der Waals surface area contributed by atoms with Crippen LogP contribution in [0.3, 0.4) is 0 Å². The average Bonchev–Trinajstić information content (AvgIpc) is 3.31. The molecule has 4 rings (SSSR count). The van der Waals surface area contributed by atoms with Gasteiger partial charge in [0, 0.05) is 42.8 Å². The monoisotopic (exact) mass is 474 g/mol. The lowest BCUT2D eigenvalue weighted by Crippen LogP contribution is -2.47. The highest BCUT2D eigenvalue weighted by Gasteiger charge is 2.34. The molecule has 0 atom stereocenters. The third kappa shape index (κ3) is 5.00. The lowest BCUT2D eigenvalue weighted by molar-refractivity contribution is -0.140. The molecule has 6 nitrogen and oxygen atoms in total. The van der Waals surface area contributed by atoms with E-state index in [-0.39, 0.29) is 5.01 Å². The second-order valence-electron chi connectivity index (χ2n) is 7.64. The number of hydrogen-bond donors (Lipinski definition) is 1. The van der Waals surface area contributed by atoms with Gasteiger partial charge in [0.05, 0.1) is 11.4 Å². The van der Waals surface area contributed by atoms with E-state index >= 15 is 0 Å². The molecule has 10 heteroatoms. The van der Waals surface area contributed by atoms with Gasteiger partial charge in [-0.05, 0) is 36.8 Å². The Morgan fingerprint density at radius 2 is 1.73 bits per heavy atom. The number of carbonyl (C=O) groups excluding carboxylic acids is 2. The Labute approximate surface area is 192 Å². The number of halogens is 3. The van der Waals surface area contributed by atoms with Crippen molar-refractivity contribution in [3.05, 3.63) is 69.7 Å². The van der Waals surface area contributed by atoms with Crippen molar-refractivity contribution >= 4 is 40.6 Å². The molecule has 2 heterocycles. The smallest absolute Gasteiger partial charge is 0.368 e. The molecule has 1 N–H and O–H groups in total. The average molecular weight is 475 g/mol. The van der Waals surface area contributed by atoms with E-state index in [0.29, 0.717) is 47.7 Å². The number of nitrogens with zero attached hydrogens (tertiary/aromatic N) is 3. The number of nitrogens with one attached hydrogen (secondary N) is 1. The first-order valence-electron chi connectivity index (χ1n) is 10.2. The highest BCUT2D eigenvalue weighted by atomic mass is 32.1. The maximum atomic E-state index is 12.8. The van der Waals surface area contributed by atoms with Gasteiger partial charge in [-0.3, -0.25) is 9.59 Å². The topological polar surface area (TPSA) is 65.5 Å². The quantitative estimate of drug-likeness (QED) is 0.535. The Morgan fingerprint density at radius 1 is 1.06 bits per heavy atom. The van der Waals surface area contributed by atoms with Gasteiger partial charge in [0.1, 0.15) is 6.29 Å². The maximum Gasteiger partial charge on any atom is 0.434 e. The van der Waals surface area contributed by atoms with Crippen molar-refractivity contribution in [1.29, 1.82) is 0 Å². The molecule has 0 bridgehead atoms. The molecule has 1 fully saturated rings. The number of amides is 1. The number of thiazole rings is 1. The number of rotatable bonds is 5. The van der Waals surface area contributed by atoms with E-state index in [9.17, 15) is 22.8 Å². The second kappa shape index (κ2) is 9.22. The van der Waals surface area contributed by atoms with Crippen molar-refractivity contribution in [3.63, 3.8) is 0 Å². The molecule has 0 radical (unpaired) electrons. The van der Waals surface area contributed by atoms with Gasteiger partial charge >= 0.3 is 6.18 Å². The summed E-state index contributed by atoms with van der Waals surface area (Å²) in [6.07, 6.45) is -3.96. The molecule has 1 amide bonds. The Kier molecular flexibility index (Phi) is 6.37. The highest BCUT2D eigenvalue weighted by Crippen LogP contribution is 2.32. The Balaban J connectivity index is 1.53. The predicted octanol–water partition coefficient (Wildman–Crippen LogP) is 4.86. The van der Waals surface area contributed by atoms with Crippen LogP contribution in [0.5, 0.6) is 0 Å². The van der Waals surface area contributed by atoms with Crippen LogP contribution >= 0.6 is 11.3 Å². The molecule has 1 aromatic heterocycles. The normalized spacial score (nSPS) is 14.3. The van der Waals surface area contributed by atoms with Crippen molar-refractivity contribution in [2.45, 2.75) is 13.1 Å². The van der Waals surface area contributed by atoms with E-state index in [4.69, 9.17) is 0 Å². The van der Waals surface area contributed by atoms with Crippen LogP contribution in [0.2, 0.25) is 0 Å². The van der Waals surface area contributed by atoms with E-state index in [1.165, 1.54) is 17.3 Å². The number of carbonyl (C=O) groups is 2. The lowest BCUT2D eigenvalue weighted by atomic mass is 10.1. The third-order valence-corrected chi connectivity index (χ3v) is 6.31. The molecular formula is C23H21F3N4O2S. The van der Waals surface area contributed by atoms with E-state index in [1.807, 2.05) is 12.1 Å². The van der Waals surface area contributed by atoms with Crippen LogP contribution in [0.1, 0.15) is 31.4 Å². The van der Waals surface area contributed by atoms with Gasteiger partial charge in [0.25, 0.3) is 5.91 Å². The maximum absolute atomic E-state index is 12.8.